The zero-order chi connectivity index (χ0) is 11.3. The predicted octanol–water partition coefficient (Wildman–Crippen LogP) is 3.83. The maximum Gasteiger partial charge on any atom is 0.0330 e. The van der Waals surface area contributed by atoms with Crippen LogP contribution < -0.4 is 0 Å². The van der Waals surface area contributed by atoms with Crippen LogP contribution >= 0.6 is 22.9 Å². The second kappa shape index (κ2) is 6.51. The van der Waals surface area contributed by atoms with Gasteiger partial charge in [-0.1, -0.05) is 13.0 Å². The van der Waals surface area contributed by atoms with Gasteiger partial charge in [0.2, 0.25) is 0 Å². The summed E-state index contributed by atoms with van der Waals surface area (Å²) in [5.41, 5.74) is 0. The first kappa shape index (κ1) is 13.0. The Labute approximate surface area is 102 Å². The van der Waals surface area contributed by atoms with Crippen LogP contribution in [0.4, 0.5) is 0 Å². The quantitative estimate of drug-likeness (QED) is 0.689. The summed E-state index contributed by atoms with van der Waals surface area (Å²) in [5.74, 6) is 1.31. The molecule has 0 saturated heterocycles. The van der Waals surface area contributed by atoms with E-state index in [1.165, 1.54) is 4.88 Å². The summed E-state index contributed by atoms with van der Waals surface area (Å²) in [6.45, 7) is 8.83. The van der Waals surface area contributed by atoms with Gasteiger partial charge in [-0.3, -0.25) is 4.90 Å². The van der Waals surface area contributed by atoms with Gasteiger partial charge in [0, 0.05) is 29.9 Å². The number of thiophene rings is 1. The van der Waals surface area contributed by atoms with Gasteiger partial charge in [-0.25, -0.2) is 0 Å². The maximum atomic E-state index is 5.86. The number of rotatable bonds is 6. The monoisotopic (exact) mass is 245 g/mol. The number of hydrogen-bond acceptors (Lipinski definition) is 2. The minimum absolute atomic E-state index is 0.564. The Morgan fingerprint density at radius 1 is 1.40 bits per heavy atom. The van der Waals surface area contributed by atoms with Crippen molar-refractivity contribution in [2.75, 3.05) is 12.4 Å². The zero-order valence-electron chi connectivity index (χ0n) is 9.74. The van der Waals surface area contributed by atoms with E-state index < -0.39 is 0 Å². The highest BCUT2D eigenvalue weighted by Gasteiger charge is 2.13. The normalized spacial score (nSPS) is 13.7. The van der Waals surface area contributed by atoms with E-state index in [1.54, 1.807) is 0 Å². The summed E-state index contributed by atoms with van der Waals surface area (Å²) in [7, 11) is 0. The molecule has 0 spiro atoms. The number of hydrogen-bond donors (Lipinski definition) is 0. The van der Waals surface area contributed by atoms with Crippen molar-refractivity contribution in [3.63, 3.8) is 0 Å². The highest BCUT2D eigenvalue weighted by Crippen LogP contribution is 2.15. The van der Waals surface area contributed by atoms with Crippen LogP contribution in [0, 0.1) is 5.92 Å². The molecule has 0 fully saturated rings. The van der Waals surface area contributed by atoms with Crippen molar-refractivity contribution < 1.29 is 0 Å². The Morgan fingerprint density at radius 2 is 2.13 bits per heavy atom. The van der Waals surface area contributed by atoms with E-state index in [4.69, 9.17) is 11.6 Å². The van der Waals surface area contributed by atoms with Crippen molar-refractivity contribution in [1.29, 1.82) is 0 Å². The van der Waals surface area contributed by atoms with Crippen LogP contribution in [-0.4, -0.2) is 23.4 Å². The molecule has 0 radical (unpaired) electrons. The number of nitrogens with zero attached hydrogens (tertiary/aromatic N) is 1. The number of alkyl halides is 1. The molecule has 1 aromatic rings. The lowest BCUT2D eigenvalue weighted by Gasteiger charge is -2.28. The molecule has 0 aliphatic carbocycles. The molecule has 0 aromatic carbocycles. The first-order valence-electron chi connectivity index (χ1n) is 5.46. The van der Waals surface area contributed by atoms with Crippen molar-refractivity contribution >= 4 is 22.9 Å². The van der Waals surface area contributed by atoms with Gasteiger partial charge in [-0.15, -0.1) is 22.9 Å². The smallest absolute Gasteiger partial charge is 0.0330 e. The van der Waals surface area contributed by atoms with Crippen molar-refractivity contribution in [2.24, 2.45) is 5.92 Å². The van der Waals surface area contributed by atoms with Gasteiger partial charge in [0.05, 0.1) is 0 Å². The topological polar surface area (TPSA) is 3.24 Å². The van der Waals surface area contributed by atoms with E-state index in [-0.39, 0.29) is 0 Å². The number of halogens is 1. The SMILES string of the molecule is CC(CCl)CN(Cc1cccs1)C(C)C. The summed E-state index contributed by atoms with van der Waals surface area (Å²) in [5, 5.41) is 2.14. The largest absolute Gasteiger partial charge is 0.296 e. The molecular weight excluding hydrogens is 226 g/mol. The summed E-state index contributed by atoms with van der Waals surface area (Å²) in [6, 6.07) is 4.90. The Morgan fingerprint density at radius 3 is 2.60 bits per heavy atom. The van der Waals surface area contributed by atoms with E-state index in [2.05, 4.69) is 43.2 Å². The zero-order valence-corrected chi connectivity index (χ0v) is 11.3. The molecule has 1 heterocycles. The van der Waals surface area contributed by atoms with Crippen LogP contribution in [0.1, 0.15) is 25.6 Å². The molecule has 1 atom stereocenters. The Kier molecular flexibility index (Phi) is 5.65. The average molecular weight is 246 g/mol. The van der Waals surface area contributed by atoms with Crippen molar-refractivity contribution in [2.45, 2.75) is 33.4 Å². The van der Waals surface area contributed by atoms with Gasteiger partial charge < -0.3 is 0 Å². The molecule has 1 rings (SSSR count). The van der Waals surface area contributed by atoms with Gasteiger partial charge in [0.1, 0.15) is 0 Å². The summed E-state index contributed by atoms with van der Waals surface area (Å²) < 4.78 is 0. The van der Waals surface area contributed by atoms with Crippen molar-refractivity contribution in [3.8, 4) is 0 Å². The molecule has 1 nitrogen and oxygen atoms in total. The summed E-state index contributed by atoms with van der Waals surface area (Å²) in [6.07, 6.45) is 0. The lowest BCUT2D eigenvalue weighted by molar-refractivity contribution is 0.192. The molecule has 0 bridgehead atoms. The highest BCUT2D eigenvalue weighted by atomic mass is 35.5. The molecule has 1 aromatic heterocycles. The van der Waals surface area contributed by atoms with E-state index in [1.807, 2.05) is 11.3 Å². The van der Waals surface area contributed by atoms with Crippen LogP contribution in [0.5, 0.6) is 0 Å². The molecule has 3 heteroatoms. The molecule has 0 N–H and O–H groups in total. The molecule has 0 saturated carbocycles. The molecule has 15 heavy (non-hydrogen) atoms. The second-order valence-electron chi connectivity index (χ2n) is 4.36. The fraction of sp³-hybridized carbons (Fsp3) is 0.667. The third-order valence-electron chi connectivity index (χ3n) is 2.48. The molecule has 0 aliphatic rings. The van der Waals surface area contributed by atoms with Gasteiger partial charge >= 0.3 is 0 Å². The third-order valence-corrected chi connectivity index (χ3v) is 3.87. The second-order valence-corrected chi connectivity index (χ2v) is 5.70. The first-order chi connectivity index (χ1) is 7.13. The van der Waals surface area contributed by atoms with Gasteiger partial charge in [0.25, 0.3) is 0 Å². The van der Waals surface area contributed by atoms with Crippen LogP contribution in [0.2, 0.25) is 0 Å². The standard InChI is InChI=1S/C12H20ClNS/c1-10(2)14(8-11(3)7-13)9-12-5-4-6-15-12/h4-6,10-11H,7-9H2,1-3H3. The molecule has 86 valence electrons. The van der Waals surface area contributed by atoms with Crippen LogP contribution in [0.25, 0.3) is 0 Å². The fourth-order valence-corrected chi connectivity index (χ4v) is 2.34. The first-order valence-corrected chi connectivity index (χ1v) is 6.87. The van der Waals surface area contributed by atoms with Gasteiger partial charge in [-0.2, -0.15) is 0 Å². The minimum Gasteiger partial charge on any atom is -0.296 e. The molecule has 1 unspecified atom stereocenters. The third kappa shape index (κ3) is 4.54. The average Bonchev–Trinajstić information content (AvgIpc) is 2.69. The van der Waals surface area contributed by atoms with Crippen molar-refractivity contribution in [3.05, 3.63) is 22.4 Å². The Hall–Kier alpha value is -0.0500. The van der Waals surface area contributed by atoms with Crippen molar-refractivity contribution in [1.82, 2.24) is 4.90 Å². The fourth-order valence-electron chi connectivity index (χ4n) is 1.51. The Balaban J connectivity index is 2.51. The minimum atomic E-state index is 0.564. The van der Waals surface area contributed by atoms with E-state index >= 15 is 0 Å². The van der Waals surface area contributed by atoms with E-state index in [9.17, 15) is 0 Å². The van der Waals surface area contributed by atoms with E-state index in [0.717, 1.165) is 19.0 Å². The molecular formula is C12H20ClNS. The Bertz CT molecular complexity index is 259. The van der Waals surface area contributed by atoms with E-state index in [0.29, 0.717) is 12.0 Å². The van der Waals surface area contributed by atoms with Gasteiger partial charge in [-0.05, 0) is 31.2 Å². The lowest BCUT2D eigenvalue weighted by Crippen LogP contribution is -2.34. The van der Waals surface area contributed by atoms with Crippen LogP contribution in [0.15, 0.2) is 17.5 Å². The maximum absolute atomic E-state index is 5.86. The van der Waals surface area contributed by atoms with Crippen LogP contribution in [-0.2, 0) is 6.54 Å². The lowest BCUT2D eigenvalue weighted by atomic mass is 10.1. The van der Waals surface area contributed by atoms with Crippen LogP contribution in [0.3, 0.4) is 0 Å². The highest BCUT2D eigenvalue weighted by molar-refractivity contribution is 7.09. The summed E-state index contributed by atoms with van der Waals surface area (Å²) in [4.78, 5) is 3.92. The summed E-state index contributed by atoms with van der Waals surface area (Å²) >= 11 is 7.69. The van der Waals surface area contributed by atoms with Gasteiger partial charge in [0.15, 0.2) is 0 Å². The molecule has 0 amide bonds. The predicted molar refractivity (Wildman–Crippen MR) is 69.7 cm³/mol. The molecule has 0 aliphatic heterocycles.